The van der Waals surface area contributed by atoms with Crippen LogP contribution in [-0.4, -0.2) is 20.2 Å². The van der Waals surface area contributed by atoms with Gasteiger partial charge in [0.2, 0.25) is 0 Å². The Kier molecular flexibility index (Phi) is 1.66. The van der Waals surface area contributed by atoms with Gasteiger partial charge in [-0.25, -0.2) is 19.7 Å². The highest BCUT2D eigenvalue weighted by Gasteiger charge is 2.41. The highest BCUT2D eigenvalue weighted by molar-refractivity contribution is 8.10. The number of hydrogen-bond acceptors (Lipinski definition) is 4. The monoisotopic (exact) mass is 219 g/mol. The van der Waals surface area contributed by atoms with Crippen molar-refractivity contribution in [3.63, 3.8) is 0 Å². The summed E-state index contributed by atoms with van der Waals surface area (Å²) in [4.78, 5) is 23.8. The maximum Gasteiger partial charge on any atom is 0.434 e. The lowest BCUT2D eigenvalue weighted by molar-refractivity contribution is 0.266. The van der Waals surface area contributed by atoms with E-state index < -0.39 is 10.9 Å². The van der Waals surface area contributed by atoms with Gasteiger partial charge >= 0.3 is 5.24 Å². The van der Waals surface area contributed by atoms with Crippen molar-refractivity contribution in [1.82, 2.24) is 15.0 Å². The van der Waals surface area contributed by atoms with Crippen LogP contribution < -0.4 is 5.73 Å². The standard InChI is InChI=1S/C9H6N4OS/c10-9(14)15-3-6-7-5(12-4-13-6)1-2-11-8(7)15/h1-2,4H,3H2,(H-,10,14)/p+1. The molecule has 3 heterocycles. The molecular weight excluding hydrogens is 212 g/mol. The molecule has 1 amide bonds. The van der Waals surface area contributed by atoms with Crippen LogP contribution in [0.3, 0.4) is 0 Å². The first-order valence-electron chi connectivity index (χ1n) is 4.36. The lowest BCUT2D eigenvalue weighted by atomic mass is 10.2. The van der Waals surface area contributed by atoms with Crippen molar-refractivity contribution in [1.29, 1.82) is 0 Å². The first-order valence-corrected chi connectivity index (χ1v) is 5.75. The van der Waals surface area contributed by atoms with Crippen molar-refractivity contribution in [2.75, 3.05) is 0 Å². The third kappa shape index (κ3) is 1.11. The molecule has 3 rings (SSSR count). The van der Waals surface area contributed by atoms with Crippen molar-refractivity contribution >= 4 is 27.0 Å². The van der Waals surface area contributed by atoms with Crippen LogP contribution in [0.25, 0.3) is 10.9 Å². The molecule has 2 N–H and O–H groups in total. The number of amides is 1. The predicted molar refractivity (Wildman–Crippen MR) is 56.3 cm³/mol. The number of rotatable bonds is 0. The molecule has 2 aromatic rings. The van der Waals surface area contributed by atoms with Gasteiger partial charge in [0.05, 0.1) is 5.52 Å². The van der Waals surface area contributed by atoms with Crippen molar-refractivity contribution in [3.8, 4) is 0 Å². The molecule has 0 aromatic carbocycles. The number of pyridine rings is 1. The van der Waals surface area contributed by atoms with Crippen LogP contribution >= 0.6 is 0 Å². The molecule has 5 nitrogen and oxygen atoms in total. The van der Waals surface area contributed by atoms with Crippen LogP contribution in [0.2, 0.25) is 0 Å². The van der Waals surface area contributed by atoms with E-state index in [4.69, 9.17) is 5.73 Å². The number of nitrogens with zero attached hydrogens (tertiary/aromatic N) is 3. The Morgan fingerprint density at radius 3 is 3.07 bits per heavy atom. The summed E-state index contributed by atoms with van der Waals surface area (Å²) in [6, 6.07) is 1.82. The highest BCUT2D eigenvalue weighted by atomic mass is 32.2. The Balaban J connectivity index is 2.36. The molecule has 15 heavy (non-hydrogen) atoms. The van der Waals surface area contributed by atoms with Crippen LogP contribution in [0.4, 0.5) is 4.79 Å². The maximum absolute atomic E-state index is 11.3. The van der Waals surface area contributed by atoms with Gasteiger partial charge in [-0.05, 0) is 6.07 Å². The summed E-state index contributed by atoms with van der Waals surface area (Å²) in [6.45, 7) is 0. The summed E-state index contributed by atoms with van der Waals surface area (Å²) in [5, 5.41) is 1.32. The third-order valence-electron chi connectivity index (χ3n) is 2.35. The maximum atomic E-state index is 11.3. The molecule has 1 unspecified atom stereocenters. The fourth-order valence-corrected chi connectivity index (χ4v) is 3.32. The topological polar surface area (TPSA) is 81.8 Å². The van der Waals surface area contributed by atoms with Gasteiger partial charge in [-0.15, -0.1) is 0 Å². The SMILES string of the molecule is NC(=O)[S+]1Cc2ncnc3ccnc1c23. The fourth-order valence-electron chi connectivity index (χ4n) is 1.70. The second kappa shape index (κ2) is 2.90. The molecule has 0 fully saturated rings. The normalized spacial score (nSPS) is 18.3. The van der Waals surface area contributed by atoms with Gasteiger partial charge in [0.25, 0.3) is 5.03 Å². The van der Waals surface area contributed by atoms with Crippen LogP contribution in [0.15, 0.2) is 23.6 Å². The summed E-state index contributed by atoms with van der Waals surface area (Å²) < 4.78 is 0. The van der Waals surface area contributed by atoms with Crippen molar-refractivity contribution < 1.29 is 4.79 Å². The Hall–Kier alpha value is -1.69. The van der Waals surface area contributed by atoms with E-state index in [2.05, 4.69) is 15.0 Å². The number of aromatic nitrogens is 3. The molecule has 1 aliphatic rings. The summed E-state index contributed by atoms with van der Waals surface area (Å²) >= 11 is 0. The van der Waals surface area contributed by atoms with Gasteiger partial charge < -0.3 is 5.73 Å². The van der Waals surface area contributed by atoms with Crippen LogP contribution in [0.1, 0.15) is 5.69 Å². The second-order valence-corrected chi connectivity index (χ2v) is 5.04. The molecule has 1 atom stereocenters. The first-order chi connectivity index (χ1) is 7.27. The van der Waals surface area contributed by atoms with Gasteiger partial charge in [0.15, 0.2) is 5.75 Å². The lowest BCUT2D eigenvalue weighted by Crippen LogP contribution is -2.22. The molecule has 0 radical (unpaired) electrons. The number of carbonyl (C=O) groups is 1. The second-order valence-electron chi connectivity index (χ2n) is 3.18. The molecular formula is C9H7N4OS+. The Morgan fingerprint density at radius 2 is 2.27 bits per heavy atom. The van der Waals surface area contributed by atoms with E-state index in [-0.39, 0.29) is 5.24 Å². The minimum Gasteiger partial charge on any atom is -0.324 e. The van der Waals surface area contributed by atoms with Gasteiger partial charge in [-0.1, -0.05) is 0 Å². The average molecular weight is 219 g/mol. The van der Waals surface area contributed by atoms with Crippen molar-refractivity contribution in [2.24, 2.45) is 5.73 Å². The molecule has 0 aliphatic carbocycles. The third-order valence-corrected chi connectivity index (χ3v) is 4.17. The molecule has 0 bridgehead atoms. The number of nitrogens with two attached hydrogens (primary N) is 1. The summed E-state index contributed by atoms with van der Waals surface area (Å²) in [5.74, 6) is 0.570. The number of hydrogen-bond donors (Lipinski definition) is 1. The highest BCUT2D eigenvalue weighted by Crippen LogP contribution is 2.33. The molecule has 1 aliphatic heterocycles. The molecule has 2 aromatic heterocycles. The zero-order valence-corrected chi connectivity index (χ0v) is 8.49. The molecule has 6 heteroatoms. The zero-order valence-electron chi connectivity index (χ0n) is 7.67. The van der Waals surface area contributed by atoms with E-state index in [0.717, 1.165) is 21.6 Å². The van der Waals surface area contributed by atoms with Crippen molar-refractivity contribution in [2.45, 2.75) is 10.8 Å². The van der Waals surface area contributed by atoms with E-state index in [9.17, 15) is 4.79 Å². The Bertz CT molecular complexity index is 566. The number of primary amides is 1. The molecule has 0 saturated heterocycles. The van der Waals surface area contributed by atoms with Crippen LogP contribution in [0, 0.1) is 0 Å². The van der Waals surface area contributed by atoms with Gasteiger partial charge in [-0.2, -0.15) is 0 Å². The van der Waals surface area contributed by atoms with E-state index >= 15 is 0 Å². The lowest BCUT2D eigenvalue weighted by Gasteiger charge is -1.93. The average Bonchev–Trinajstić information content (AvgIpc) is 2.61. The fraction of sp³-hybridized carbons (Fsp3) is 0.111. The Morgan fingerprint density at radius 1 is 1.40 bits per heavy atom. The van der Waals surface area contributed by atoms with E-state index in [1.807, 2.05) is 6.07 Å². The van der Waals surface area contributed by atoms with Gasteiger partial charge in [0.1, 0.15) is 28.3 Å². The quantitative estimate of drug-likeness (QED) is 0.657. The molecule has 0 saturated carbocycles. The first kappa shape index (κ1) is 8.60. The Labute approximate surface area is 88.1 Å². The molecule has 74 valence electrons. The van der Waals surface area contributed by atoms with Gasteiger partial charge in [0, 0.05) is 6.20 Å². The van der Waals surface area contributed by atoms with Crippen molar-refractivity contribution in [3.05, 3.63) is 24.3 Å². The summed E-state index contributed by atoms with van der Waals surface area (Å²) in [5.41, 5.74) is 7.05. The van der Waals surface area contributed by atoms with Gasteiger partial charge in [-0.3, -0.25) is 0 Å². The summed E-state index contributed by atoms with van der Waals surface area (Å²) in [6.07, 6.45) is 3.16. The minimum atomic E-state index is -0.637. The van der Waals surface area contributed by atoms with Crippen LogP contribution in [0.5, 0.6) is 0 Å². The number of carbonyl (C=O) groups excluding carboxylic acids is 1. The van der Waals surface area contributed by atoms with E-state index in [0.29, 0.717) is 5.75 Å². The smallest absolute Gasteiger partial charge is 0.324 e. The largest absolute Gasteiger partial charge is 0.434 e. The minimum absolute atomic E-state index is 0.326. The van der Waals surface area contributed by atoms with Crippen LogP contribution in [-0.2, 0) is 16.6 Å². The zero-order chi connectivity index (χ0) is 10.4. The van der Waals surface area contributed by atoms with E-state index in [1.165, 1.54) is 6.33 Å². The van der Waals surface area contributed by atoms with E-state index in [1.54, 1.807) is 6.20 Å². The molecule has 0 spiro atoms. The summed E-state index contributed by atoms with van der Waals surface area (Å²) in [7, 11) is -0.637. The predicted octanol–water partition coefficient (Wildman–Crippen LogP) is 0.594.